The number of carbonyl (C=O) groups is 2. The fourth-order valence-corrected chi connectivity index (χ4v) is 1.88. The monoisotopic (exact) mass is 258 g/mol. The average molecular weight is 258 g/mol. The van der Waals surface area contributed by atoms with Gasteiger partial charge in [-0.25, -0.2) is 4.79 Å². The lowest BCUT2D eigenvalue weighted by Crippen LogP contribution is -2.44. The van der Waals surface area contributed by atoms with Crippen LogP contribution in [0.25, 0.3) is 0 Å². The van der Waals surface area contributed by atoms with Gasteiger partial charge in [-0.2, -0.15) is 0 Å². The predicted octanol–water partition coefficient (Wildman–Crippen LogP) is 1.37. The summed E-state index contributed by atoms with van der Waals surface area (Å²) in [4.78, 5) is 22.6. The van der Waals surface area contributed by atoms with Crippen LogP contribution in [0.5, 0.6) is 0 Å². The molecule has 0 saturated carbocycles. The van der Waals surface area contributed by atoms with Crippen molar-refractivity contribution in [2.45, 2.75) is 52.5 Å². The maximum atomic E-state index is 11.7. The number of hydrogen-bond donors (Lipinski definition) is 3. The van der Waals surface area contributed by atoms with E-state index in [4.69, 9.17) is 10.8 Å². The lowest BCUT2D eigenvalue weighted by atomic mass is 9.96. The zero-order chi connectivity index (χ0) is 14.1. The van der Waals surface area contributed by atoms with E-state index in [1.807, 2.05) is 0 Å². The minimum atomic E-state index is -0.979. The molecule has 0 aliphatic rings. The number of aliphatic carboxylic acids is 1. The van der Waals surface area contributed by atoms with Gasteiger partial charge in [-0.3, -0.25) is 4.79 Å². The Hall–Kier alpha value is -1.10. The zero-order valence-corrected chi connectivity index (χ0v) is 11.6. The second-order valence-electron chi connectivity index (χ2n) is 5.02. The van der Waals surface area contributed by atoms with E-state index in [1.165, 1.54) is 0 Å². The minimum absolute atomic E-state index is 0.113. The summed E-state index contributed by atoms with van der Waals surface area (Å²) in [5.41, 5.74) is 5.49. The number of hydrogen-bond acceptors (Lipinski definition) is 3. The van der Waals surface area contributed by atoms with Gasteiger partial charge in [-0.15, -0.1) is 0 Å². The number of rotatable bonds is 9. The third-order valence-corrected chi connectivity index (χ3v) is 3.18. The number of carboxylic acids is 1. The third kappa shape index (κ3) is 6.59. The van der Waals surface area contributed by atoms with Crippen molar-refractivity contribution < 1.29 is 14.7 Å². The van der Waals surface area contributed by atoms with Crippen molar-refractivity contribution in [3.8, 4) is 0 Å². The maximum absolute atomic E-state index is 11.7. The molecule has 0 aromatic rings. The standard InChI is InChI=1S/C13H26N2O3/c1-4-10(7-8-14)5-6-11(16)15-12(9(2)3)13(17)18/h9-10,12H,4-8,14H2,1-3H3,(H,15,16)(H,17,18). The van der Waals surface area contributed by atoms with Gasteiger partial charge < -0.3 is 16.2 Å². The molecule has 0 heterocycles. The summed E-state index contributed by atoms with van der Waals surface area (Å²) in [5, 5.41) is 11.5. The van der Waals surface area contributed by atoms with Crippen molar-refractivity contribution in [3.05, 3.63) is 0 Å². The van der Waals surface area contributed by atoms with E-state index in [0.29, 0.717) is 18.9 Å². The summed E-state index contributed by atoms with van der Waals surface area (Å²) in [6.07, 6.45) is 3.05. The molecule has 5 heteroatoms. The Bertz CT molecular complexity index is 267. The first-order valence-electron chi connectivity index (χ1n) is 6.64. The number of carbonyl (C=O) groups excluding carboxylic acids is 1. The maximum Gasteiger partial charge on any atom is 0.326 e. The minimum Gasteiger partial charge on any atom is -0.480 e. The largest absolute Gasteiger partial charge is 0.480 e. The molecule has 0 spiro atoms. The second kappa shape index (κ2) is 8.91. The van der Waals surface area contributed by atoms with E-state index < -0.39 is 12.0 Å². The molecule has 18 heavy (non-hydrogen) atoms. The van der Waals surface area contributed by atoms with Gasteiger partial charge >= 0.3 is 5.97 Å². The molecule has 0 bridgehead atoms. The van der Waals surface area contributed by atoms with Crippen molar-refractivity contribution in [1.82, 2.24) is 5.32 Å². The molecule has 0 radical (unpaired) electrons. The fourth-order valence-electron chi connectivity index (χ4n) is 1.88. The molecule has 0 rings (SSSR count). The van der Waals surface area contributed by atoms with Gasteiger partial charge in [-0.05, 0) is 31.2 Å². The smallest absolute Gasteiger partial charge is 0.326 e. The van der Waals surface area contributed by atoms with Gasteiger partial charge in [-0.1, -0.05) is 27.2 Å². The molecule has 0 saturated heterocycles. The molecule has 1 amide bonds. The Labute approximate surface area is 109 Å². The van der Waals surface area contributed by atoms with Crippen LogP contribution in [0.2, 0.25) is 0 Å². The topological polar surface area (TPSA) is 92.4 Å². The van der Waals surface area contributed by atoms with E-state index >= 15 is 0 Å². The Kier molecular flexibility index (Phi) is 8.37. The zero-order valence-electron chi connectivity index (χ0n) is 11.6. The highest BCUT2D eigenvalue weighted by atomic mass is 16.4. The van der Waals surface area contributed by atoms with E-state index in [1.54, 1.807) is 13.8 Å². The average Bonchev–Trinajstić information content (AvgIpc) is 2.30. The first kappa shape index (κ1) is 16.9. The Balaban J connectivity index is 4.13. The fraction of sp³-hybridized carbons (Fsp3) is 0.846. The van der Waals surface area contributed by atoms with E-state index in [9.17, 15) is 9.59 Å². The molecular weight excluding hydrogens is 232 g/mol. The van der Waals surface area contributed by atoms with Crippen LogP contribution in [0.4, 0.5) is 0 Å². The van der Waals surface area contributed by atoms with E-state index in [0.717, 1.165) is 19.3 Å². The highest BCUT2D eigenvalue weighted by Gasteiger charge is 2.23. The molecule has 5 nitrogen and oxygen atoms in total. The third-order valence-electron chi connectivity index (χ3n) is 3.18. The molecular formula is C13H26N2O3. The molecule has 2 unspecified atom stereocenters. The highest BCUT2D eigenvalue weighted by molar-refractivity contribution is 5.83. The van der Waals surface area contributed by atoms with Gasteiger partial charge in [0.05, 0.1) is 0 Å². The van der Waals surface area contributed by atoms with Crippen molar-refractivity contribution >= 4 is 11.9 Å². The predicted molar refractivity (Wildman–Crippen MR) is 71.1 cm³/mol. The van der Waals surface area contributed by atoms with Crippen LogP contribution in [0, 0.1) is 11.8 Å². The summed E-state index contributed by atoms with van der Waals surface area (Å²) in [6, 6.07) is -0.799. The van der Waals surface area contributed by atoms with Crippen molar-refractivity contribution in [2.24, 2.45) is 17.6 Å². The number of carboxylic acid groups (broad SMARTS) is 1. The number of amides is 1. The van der Waals surface area contributed by atoms with Gasteiger partial charge in [0.2, 0.25) is 5.91 Å². The molecule has 0 aromatic heterocycles. The molecule has 2 atom stereocenters. The van der Waals surface area contributed by atoms with Crippen LogP contribution < -0.4 is 11.1 Å². The van der Waals surface area contributed by atoms with Crippen LogP contribution in [-0.2, 0) is 9.59 Å². The summed E-state index contributed by atoms with van der Waals surface area (Å²) in [6.45, 7) is 6.26. The Morgan fingerprint density at radius 3 is 2.28 bits per heavy atom. The summed E-state index contributed by atoms with van der Waals surface area (Å²) in [7, 11) is 0. The van der Waals surface area contributed by atoms with Crippen LogP contribution in [0.3, 0.4) is 0 Å². The van der Waals surface area contributed by atoms with Gasteiger partial charge in [0, 0.05) is 6.42 Å². The second-order valence-corrected chi connectivity index (χ2v) is 5.02. The van der Waals surface area contributed by atoms with Crippen LogP contribution in [0.15, 0.2) is 0 Å². The van der Waals surface area contributed by atoms with Gasteiger partial charge in [0.15, 0.2) is 0 Å². The molecule has 0 fully saturated rings. The number of nitrogens with one attached hydrogen (secondary N) is 1. The first-order valence-corrected chi connectivity index (χ1v) is 6.64. The molecule has 106 valence electrons. The quantitative estimate of drug-likeness (QED) is 0.582. The van der Waals surface area contributed by atoms with Crippen molar-refractivity contribution in [2.75, 3.05) is 6.54 Å². The highest BCUT2D eigenvalue weighted by Crippen LogP contribution is 2.14. The van der Waals surface area contributed by atoms with Gasteiger partial charge in [0.1, 0.15) is 6.04 Å². The summed E-state index contributed by atoms with van der Waals surface area (Å²) >= 11 is 0. The van der Waals surface area contributed by atoms with Gasteiger partial charge in [0.25, 0.3) is 0 Å². The molecule has 0 aromatic carbocycles. The molecule has 0 aliphatic carbocycles. The van der Waals surface area contributed by atoms with Crippen LogP contribution in [0.1, 0.15) is 46.5 Å². The molecule has 0 aliphatic heterocycles. The Morgan fingerprint density at radius 2 is 1.89 bits per heavy atom. The van der Waals surface area contributed by atoms with Crippen LogP contribution in [-0.4, -0.2) is 29.6 Å². The lowest BCUT2D eigenvalue weighted by molar-refractivity contribution is -0.143. The molecule has 4 N–H and O–H groups in total. The summed E-state index contributed by atoms with van der Waals surface area (Å²) in [5.74, 6) is -0.834. The van der Waals surface area contributed by atoms with Crippen LogP contribution >= 0.6 is 0 Å². The van der Waals surface area contributed by atoms with E-state index in [-0.39, 0.29) is 11.8 Å². The SMILES string of the molecule is CCC(CCN)CCC(=O)NC(C(=O)O)C(C)C. The summed E-state index contributed by atoms with van der Waals surface area (Å²) < 4.78 is 0. The van der Waals surface area contributed by atoms with Crippen molar-refractivity contribution in [1.29, 1.82) is 0 Å². The van der Waals surface area contributed by atoms with E-state index in [2.05, 4.69) is 12.2 Å². The Morgan fingerprint density at radius 1 is 1.28 bits per heavy atom. The number of nitrogens with two attached hydrogens (primary N) is 1. The normalized spacial score (nSPS) is 14.3. The van der Waals surface area contributed by atoms with Crippen molar-refractivity contribution in [3.63, 3.8) is 0 Å². The lowest BCUT2D eigenvalue weighted by Gasteiger charge is -2.19. The first-order chi connectivity index (χ1) is 8.42.